The van der Waals surface area contributed by atoms with Gasteiger partial charge in [-0.1, -0.05) is 34.1 Å². The molecule has 4 heteroatoms. The lowest BCUT2D eigenvalue weighted by Gasteiger charge is -2.22. The Labute approximate surface area is 102 Å². The first-order chi connectivity index (χ1) is 7.63. The number of ketones is 1. The fraction of sp³-hybridized carbons (Fsp3) is 0.250. The number of aryl methyl sites for hydroxylation is 1. The van der Waals surface area contributed by atoms with Crippen LogP contribution >= 0.6 is 15.9 Å². The number of carbonyl (C=O) groups excluding carboxylic acids is 1. The molecule has 1 aliphatic rings. The van der Waals surface area contributed by atoms with Crippen molar-refractivity contribution in [3.63, 3.8) is 0 Å². The van der Waals surface area contributed by atoms with Crippen LogP contribution < -0.4 is 5.32 Å². The number of alkyl halides is 1. The number of aliphatic hydroxyl groups is 1. The highest BCUT2D eigenvalue weighted by Crippen LogP contribution is 2.30. The lowest BCUT2D eigenvalue weighted by Crippen LogP contribution is -2.21. The Bertz CT molecular complexity index is 468. The number of aliphatic hydroxyl groups excluding tert-OH is 1. The normalized spacial score (nSPS) is 17.8. The van der Waals surface area contributed by atoms with E-state index in [1.54, 1.807) is 12.2 Å². The topological polar surface area (TPSA) is 49.3 Å². The van der Waals surface area contributed by atoms with Gasteiger partial charge in [-0.05, 0) is 18.6 Å². The van der Waals surface area contributed by atoms with Gasteiger partial charge in [0.1, 0.15) is 6.23 Å². The highest BCUT2D eigenvalue weighted by molar-refractivity contribution is 9.09. The number of nitrogens with one attached hydrogen (secondary N) is 1. The van der Waals surface area contributed by atoms with Crippen LogP contribution in [-0.2, 0) is 0 Å². The molecule has 0 saturated heterocycles. The molecule has 16 heavy (non-hydrogen) atoms. The average molecular weight is 282 g/mol. The molecule has 0 amide bonds. The van der Waals surface area contributed by atoms with Crippen molar-refractivity contribution < 1.29 is 9.90 Å². The third-order valence-electron chi connectivity index (χ3n) is 2.61. The van der Waals surface area contributed by atoms with Crippen molar-refractivity contribution in [1.82, 2.24) is 0 Å². The van der Waals surface area contributed by atoms with Crippen molar-refractivity contribution in [2.75, 3.05) is 10.6 Å². The minimum atomic E-state index is -0.680. The van der Waals surface area contributed by atoms with Gasteiger partial charge in [-0.3, -0.25) is 4.79 Å². The van der Waals surface area contributed by atoms with Crippen molar-refractivity contribution >= 4 is 33.5 Å². The van der Waals surface area contributed by atoms with E-state index < -0.39 is 6.23 Å². The van der Waals surface area contributed by atoms with Crippen LogP contribution in [0.1, 0.15) is 21.5 Å². The van der Waals surface area contributed by atoms with Crippen molar-refractivity contribution in [3.8, 4) is 0 Å². The molecule has 1 aliphatic heterocycles. The molecular formula is C12H12BrNO2. The molecular weight excluding hydrogens is 270 g/mol. The maximum atomic E-state index is 11.7. The van der Waals surface area contributed by atoms with Gasteiger partial charge in [-0.15, -0.1) is 0 Å². The van der Waals surface area contributed by atoms with E-state index in [-0.39, 0.29) is 5.78 Å². The SMILES string of the molecule is Cc1ccc(C(=O)CBr)c2c1NC(O)C=C2. The number of fused-ring (bicyclic) bond motifs is 1. The summed E-state index contributed by atoms with van der Waals surface area (Å²) in [6.07, 6.45) is 2.74. The fourth-order valence-corrected chi connectivity index (χ4v) is 2.09. The number of rotatable bonds is 2. The van der Waals surface area contributed by atoms with E-state index in [0.717, 1.165) is 16.8 Å². The third-order valence-corrected chi connectivity index (χ3v) is 3.12. The molecule has 0 saturated carbocycles. The van der Waals surface area contributed by atoms with Crippen LogP contribution in [0.25, 0.3) is 6.08 Å². The smallest absolute Gasteiger partial charge is 0.174 e. The predicted octanol–water partition coefficient (Wildman–Crippen LogP) is 2.33. The summed E-state index contributed by atoms with van der Waals surface area (Å²) in [5.41, 5.74) is 3.38. The molecule has 0 aromatic heterocycles. The number of hydrogen-bond donors (Lipinski definition) is 2. The summed E-state index contributed by atoms with van der Waals surface area (Å²) in [7, 11) is 0. The van der Waals surface area contributed by atoms with Crippen molar-refractivity contribution in [2.45, 2.75) is 13.2 Å². The van der Waals surface area contributed by atoms with Gasteiger partial charge in [0, 0.05) is 16.8 Å². The first kappa shape index (κ1) is 11.4. The Morgan fingerprint density at radius 3 is 3.00 bits per heavy atom. The maximum absolute atomic E-state index is 11.7. The Balaban J connectivity index is 2.58. The monoisotopic (exact) mass is 281 g/mol. The minimum Gasteiger partial charge on any atom is -0.370 e. The third kappa shape index (κ3) is 1.90. The van der Waals surface area contributed by atoms with E-state index in [0.29, 0.717) is 10.9 Å². The van der Waals surface area contributed by atoms with E-state index in [2.05, 4.69) is 21.2 Å². The van der Waals surface area contributed by atoms with Gasteiger partial charge in [0.2, 0.25) is 0 Å². The molecule has 1 aromatic rings. The van der Waals surface area contributed by atoms with E-state index >= 15 is 0 Å². The second-order valence-corrected chi connectivity index (χ2v) is 4.28. The molecule has 1 unspecified atom stereocenters. The Morgan fingerprint density at radius 2 is 2.31 bits per heavy atom. The lowest BCUT2D eigenvalue weighted by molar-refractivity contribution is 0.102. The molecule has 1 aromatic carbocycles. The summed E-state index contributed by atoms with van der Waals surface area (Å²) in [4.78, 5) is 11.7. The largest absolute Gasteiger partial charge is 0.370 e. The van der Waals surface area contributed by atoms with Gasteiger partial charge < -0.3 is 10.4 Å². The van der Waals surface area contributed by atoms with Crippen LogP contribution in [0, 0.1) is 6.92 Å². The van der Waals surface area contributed by atoms with Crippen LogP contribution in [0.2, 0.25) is 0 Å². The zero-order valence-corrected chi connectivity index (χ0v) is 10.4. The van der Waals surface area contributed by atoms with Crippen LogP contribution in [0.3, 0.4) is 0 Å². The highest BCUT2D eigenvalue weighted by atomic mass is 79.9. The number of hydrogen-bond acceptors (Lipinski definition) is 3. The van der Waals surface area contributed by atoms with Crippen LogP contribution in [0.5, 0.6) is 0 Å². The molecule has 3 nitrogen and oxygen atoms in total. The first-order valence-corrected chi connectivity index (χ1v) is 6.11. The number of Topliss-reactive ketones (excluding diaryl/α,β-unsaturated/α-hetero) is 1. The molecule has 1 atom stereocenters. The highest BCUT2D eigenvalue weighted by Gasteiger charge is 2.18. The Kier molecular flexibility index (Phi) is 3.12. The van der Waals surface area contributed by atoms with Crippen molar-refractivity contribution in [2.24, 2.45) is 0 Å². The van der Waals surface area contributed by atoms with Gasteiger partial charge in [0.15, 0.2) is 5.78 Å². The van der Waals surface area contributed by atoms with E-state index in [1.807, 2.05) is 19.1 Å². The molecule has 2 N–H and O–H groups in total. The van der Waals surface area contributed by atoms with Crippen LogP contribution in [-0.4, -0.2) is 22.4 Å². The van der Waals surface area contributed by atoms with Gasteiger partial charge in [0.05, 0.1) is 5.33 Å². The zero-order chi connectivity index (χ0) is 11.7. The second-order valence-electron chi connectivity index (χ2n) is 3.72. The maximum Gasteiger partial charge on any atom is 0.174 e. The number of carbonyl (C=O) groups is 1. The van der Waals surface area contributed by atoms with Gasteiger partial charge in [-0.25, -0.2) is 0 Å². The zero-order valence-electron chi connectivity index (χ0n) is 8.83. The minimum absolute atomic E-state index is 0.0408. The molecule has 2 rings (SSSR count). The fourth-order valence-electron chi connectivity index (χ4n) is 1.79. The first-order valence-electron chi connectivity index (χ1n) is 4.99. The standard InChI is InChI=1S/C12H12BrNO2/c1-7-2-3-8(10(15)6-13)9-4-5-11(16)14-12(7)9/h2-5,11,14,16H,6H2,1H3. The quantitative estimate of drug-likeness (QED) is 0.646. The summed E-state index contributed by atoms with van der Waals surface area (Å²) in [5, 5.41) is 12.7. The van der Waals surface area contributed by atoms with Crippen LogP contribution in [0.15, 0.2) is 18.2 Å². The lowest BCUT2D eigenvalue weighted by atomic mass is 9.96. The Hall–Kier alpha value is -1.13. The van der Waals surface area contributed by atoms with Crippen LogP contribution in [0.4, 0.5) is 5.69 Å². The summed E-state index contributed by atoms with van der Waals surface area (Å²) >= 11 is 3.17. The predicted molar refractivity (Wildman–Crippen MR) is 68.0 cm³/mol. The van der Waals surface area contributed by atoms with E-state index in [1.165, 1.54) is 0 Å². The summed E-state index contributed by atoms with van der Waals surface area (Å²) in [5.74, 6) is 0.0408. The number of halogens is 1. The molecule has 1 heterocycles. The van der Waals surface area contributed by atoms with Gasteiger partial charge in [-0.2, -0.15) is 0 Å². The summed E-state index contributed by atoms with van der Waals surface area (Å²) < 4.78 is 0. The molecule has 0 aliphatic carbocycles. The molecule has 0 radical (unpaired) electrons. The van der Waals surface area contributed by atoms with E-state index in [4.69, 9.17) is 0 Å². The summed E-state index contributed by atoms with van der Waals surface area (Å²) in [6, 6.07) is 3.70. The average Bonchev–Trinajstić information content (AvgIpc) is 2.29. The molecule has 0 bridgehead atoms. The number of benzene rings is 1. The Morgan fingerprint density at radius 1 is 1.56 bits per heavy atom. The molecule has 84 valence electrons. The van der Waals surface area contributed by atoms with Crippen molar-refractivity contribution in [3.05, 3.63) is 34.9 Å². The molecule has 0 fully saturated rings. The second kappa shape index (κ2) is 4.39. The van der Waals surface area contributed by atoms with Crippen molar-refractivity contribution in [1.29, 1.82) is 0 Å². The number of anilines is 1. The van der Waals surface area contributed by atoms with Gasteiger partial charge in [0.25, 0.3) is 0 Å². The molecule has 0 spiro atoms. The van der Waals surface area contributed by atoms with E-state index in [9.17, 15) is 9.90 Å². The summed E-state index contributed by atoms with van der Waals surface area (Å²) in [6.45, 7) is 1.94. The van der Waals surface area contributed by atoms with Gasteiger partial charge >= 0.3 is 0 Å².